The molecule has 4 heteroatoms. The molecule has 0 unspecified atom stereocenters. The average Bonchev–Trinajstić information content (AvgIpc) is 3.13. The molecule has 0 aliphatic rings. The molecule has 27 heavy (non-hydrogen) atoms. The van der Waals surface area contributed by atoms with Gasteiger partial charge in [0.15, 0.2) is 0 Å². The van der Waals surface area contributed by atoms with Gasteiger partial charge in [0.1, 0.15) is 0 Å². The van der Waals surface area contributed by atoms with E-state index in [0.717, 1.165) is 34.6 Å². The molecule has 0 spiro atoms. The van der Waals surface area contributed by atoms with E-state index in [2.05, 4.69) is 44.9 Å². The zero-order chi connectivity index (χ0) is 18.3. The molecule has 0 N–H and O–H groups in total. The van der Waals surface area contributed by atoms with Crippen LogP contribution in [0, 0.1) is 0 Å². The minimum Gasteiger partial charge on any atom is -0.370 e. The monoisotopic (exact) mass is 355 g/mol. The molecule has 0 fully saturated rings. The van der Waals surface area contributed by atoms with Gasteiger partial charge in [-0.05, 0) is 17.2 Å². The number of benzene rings is 2. The van der Waals surface area contributed by atoms with Crippen molar-refractivity contribution in [1.82, 2.24) is 14.5 Å². The van der Waals surface area contributed by atoms with Crippen molar-refractivity contribution in [2.75, 3.05) is 0 Å². The van der Waals surface area contributed by atoms with Crippen LogP contribution in [0.3, 0.4) is 0 Å². The minimum absolute atomic E-state index is 0.499. The maximum atomic E-state index is 6.03. The molecule has 4 rings (SSSR count). The molecule has 2 aromatic carbocycles. The third-order valence-corrected chi connectivity index (χ3v) is 4.42. The maximum Gasteiger partial charge on any atom is 0.0959 e. The lowest BCUT2D eigenvalue weighted by Crippen LogP contribution is -2.06. The summed E-state index contributed by atoms with van der Waals surface area (Å²) in [6.07, 6.45) is 5.56. The van der Waals surface area contributed by atoms with Crippen molar-refractivity contribution >= 4 is 0 Å². The standard InChI is InChI=1S/C23H21N3O/c1-3-8-19(9-4-1)16-27-17-22-23(21-11-5-2-6-12-21)25-18-26(22)15-20-10-7-13-24-14-20/h1-14,18H,15-17H2. The lowest BCUT2D eigenvalue weighted by atomic mass is 10.1. The van der Waals surface area contributed by atoms with Crippen LogP contribution < -0.4 is 0 Å². The van der Waals surface area contributed by atoms with Gasteiger partial charge in [0.25, 0.3) is 0 Å². The molecule has 0 atom stereocenters. The first kappa shape index (κ1) is 17.2. The third kappa shape index (κ3) is 4.30. The van der Waals surface area contributed by atoms with Gasteiger partial charge in [-0.15, -0.1) is 0 Å². The molecule has 0 saturated carbocycles. The molecule has 2 heterocycles. The van der Waals surface area contributed by atoms with Gasteiger partial charge in [-0.1, -0.05) is 66.7 Å². The highest BCUT2D eigenvalue weighted by Crippen LogP contribution is 2.24. The van der Waals surface area contributed by atoms with Crippen molar-refractivity contribution in [2.45, 2.75) is 19.8 Å². The van der Waals surface area contributed by atoms with E-state index < -0.39 is 0 Å². The van der Waals surface area contributed by atoms with Crippen LogP contribution in [0.15, 0.2) is 91.5 Å². The van der Waals surface area contributed by atoms with Crippen molar-refractivity contribution in [1.29, 1.82) is 0 Å². The summed E-state index contributed by atoms with van der Waals surface area (Å²) in [6, 6.07) is 24.5. The van der Waals surface area contributed by atoms with E-state index in [1.54, 1.807) is 6.20 Å². The van der Waals surface area contributed by atoms with Gasteiger partial charge in [0, 0.05) is 18.0 Å². The second kappa shape index (κ2) is 8.43. The van der Waals surface area contributed by atoms with Gasteiger partial charge in [0.2, 0.25) is 0 Å². The van der Waals surface area contributed by atoms with Gasteiger partial charge < -0.3 is 9.30 Å². The van der Waals surface area contributed by atoms with Gasteiger partial charge in [-0.3, -0.25) is 4.98 Å². The second-order valence-corrected chi connectivity index (χ2v) is 6.37. The lowest BCUT2D eigenvalue weighted by molar-refractivity contribution is 0.103. The molecular formula is C23H21N3O. The second-order valence-electron chi connectivity index (χ2n) is 6.37. The largest absolute Gasteiger partial charge is 0.370 e. The van der Waals surface area contributed by atoms with Crippen LogP contribution in [-0.4, -0.2) is 14.5 Å². The number of aromatic nitrogens is 3. The van der Waals surface area contributed by atoms with E-state index in [0.29, 0.717) is 13.2 Å². The summed E-state index contributed by atoms with van der Waals surface area (Å²) in [4.78, 5) is 8.88. The van der Waals surface area contributed by atoms with E-state index in [9.17, 15) is 0 Å². The SMILES string of the molecule is c1ccc(COCc2c(-c3ccccc3)ncn2Cc2cccnc2)cc1. The summed E-state index contributed by atoms with van der Waals surface area (Å²) in [5, 5.41) is 0. The Morgan fingerprint density at radius 1 is 0.778 bits per heavy atom. The molecule has 134 valence electrons. The van der Waals surface area contributed by atoms with Crippen LogP contribution in [0.1, 0.15) is 16.8 Å². The van der Waals surface area contributed by atoms with Crippen LogP contribution in [0.5, 0.6) is 0 Å². The van der Waals surface area contributed by atoms with Crippen molar-refractivity contribution in [3.05, 3.63) is 108 Å². The Balaban J connectivity index is 1.58. The predicted octanol–water partition coefficient (Wildman–Crippen LogP) is 4.71. The van der Waals surface area contributed by atoms with Crippen molar-refractivity contribution in [2.24, 2.45) is 0 Å². The van der Waals surface area contributed by atoms with Crippen molar-refractivity contribution in [3.8, 4) is 11.3 Å². The van der Waals surface area contributed by atoms with Crippen LogP contribution in [0.4, 0.5) is 0 Å². The zero-order valence-corrected chi connectivity index (χ0v) is 15.0. The van der Waals surface area contributed by atoms with Gasteiger partial charge in [0.05, 0.1) is 37.5 Å². The van der Waals surface area contributed by atoms with E-state index >= 15 is 0 Å². The molecule has 0 saturated heterocycles. The molecule has 4 aromatic rings. The number of hydrogen-bond acceptors (Lipinski definition) is 3. The molecule has 0 bridgehead atoms. The fraction of sp³-hybridized carbons (Fsp3) is 0.130. The van der Waals surface area contributed by atoms with E-state index in [1.807, 2.05) is 55.0 Å². The number of rotatable bonds is 7. The maximum absolute atomic E-state index is 6.03. The van der Waals surface area contributed by atoms with E-state index in [1.165, 1.54) is 0 Å². The topological polar surface area (TPSA) is 39.9 Å². The Bertz CT molecular complexity index is 966. The van der Waals surface area contributed by atoms with Gasteiger partial charge >= 0.3 is 0 Å². The molecule has 0 aliphatic carbocycles. The molecular weight excluding hydrogens is 334 g/mol. The van der Waals surface area contributed by atoms with Crippen molar-refractivity contribution in [3.63, 3.8) is 0 Å². The van der Waals surface area contributed by atoms with Crippen LogP contribution in [-0.2, 0) is 24.5 Å². The average molecular weight is 355 g/mol. The Morgan fingerprint density at radius 3 is 2.26 bits per heavy atom. The Kier molecular flexibility index (Phi) is 5.36. The number of nitrogens with zero attached hydrogens (tertiary/aromatic N) is 3. The molecule has 4 nitrogen and oxygen atoms in total. The summed E-state index contributed by atoms with van der Waals surface area (Å²) >= 11 is 0. The molecule has 2 aromatic heterocycles. The number of hydrogen-bond donors (Lipinski definition) is 0. The van der Waals surface area contributed by atoms with Crippen LogP contribution in [0.2, 0.25) is 0 Å². The normalized spacial score (nSPS) is 10.8. The predicted molar refractivity (Wildman–Crippen MR) is 106 cm³/mol. The molecule has 0 aliphatic heterocycles. The summed E-state index contributed by atoms with van der Waals surface area (Å²) in [7, 11) is 0. The van der Waals surface area contributed by atoms with Crippen LogP contribution in [0.25, 0.3) is 11.3 Å². The number of imidazole rings is 1. The smallest absolute Gasteiger partial charge is 0.0959 e. The van der Waals surface area contributed by atoms with Crippen molar-refractivity contribution < 1.29 is 4.74 Å². The fourth-order valence-electron chi connectivity index (χ4n) is 3.06. The zero-order valence-electron chi connectivity index (χ0n) is 15.0. The molecule has 0 radical (unpaired) electrons. The summed E-state index contributed by atoms with van der Waals surface area (Å²) in [6.45, 7) is 1.80. The van der Waals surface area contributed by atoms with Crippen LogP contribution >= 0.6 is 0 Å². The molecule has 0 amide bonds. The highest BCUT2D eigenvalue weighted by Gasteiger charge is 2.13. The fourth-order valence-corrected chi connectivity index (χ4v) is 3.06. The lowest BCUT2D eigenvalue weighted by Gasteiger charge is -2.11. The van der Waals surface area contributed by atoms with E-state index in [4.69, 9.17) is 4.74 Å². The minimum atomic E-state index is 0.499. The Morgan fingerprint density at radius 2 is 1.52 bits per heavy atom. The summed E-state index contributed by atoms with van der Waals surface area (Å²) in [5.41, 5.74) is 5.44. The van der Waals surface area contributed by atoms with Gasteiger partial charge in [-0.25, -0.2) is 4.98 Å². The summed E-state index contributed by atoms with van der Waals surface area (Å²) < 4.78 is 8.17. The highest BCUT2D eigenvalue weighted by atomic mass is 16.5. The van der Waals surface area contributed by atoms with Gasteiger partial charge in [-0.2, -0.15) is 0 Å². The first-order chi connectivity index (χ1) is 13.4. The Hall–Kier alpha value is -3.24. The Labute approximate surface area is 159 Å². The first-order valence-electron chi connectivity index (χ1n) is 9.00. The third-order valence-electron chi connectivity index (χ3n) is 4.42. The number of ether oxygens (including phenoxy) is 1. The number of pyridine rings is 1. The first-order valence-corrected chi connectivity index (χ1v) is 9.00. The van der Waals surface area contributed by atoms with E-state index in [-0.39, 0.29) is 0 Å². The quantitative estimate of drug-likeness (QED) is 0.482. The highest BCUT2D eigenvalue weighted by molar-refractivity contribution is 5.61. The summed E-state index contributed by atoms with van der Waals surface area (Å²) in [5.74, 6) is 0.